The molecule has 0 saturated heterocycles. The predicted molar refractivity (Wildman–Crippen MR) is 30.7 cm³/mol. The van der Waals surface area contributed by atoms with Crippen molar-refractivity contribution < 1.29 is 14.4 Å². The van der Waals surface area contributed by atoms with Gasteiger partial charge in [0, 0.05) is 0 Å². The second kappa shape index (κ2) is 4.84. The van der Waals surface area contributed by atoms with E-state index < -0.39 is 7.75 Å². The summed E-state index contributed by atoms with van der Waals surface area (Å²) < 4.78 is 9.10. The molecule has 0 spiro atoms. The van der Waals surface area contributed by atoms with Crippen LogP contribution in [0.5, 0.6) is 0 Å². The van der Waals surface area contributed by atoms with Crippen LogP contribution >= 0.6 is 32.6 Å². The highest BCUT2D eigenvalue weighted by atomic mass is 35.5. The average Bonchev–Trinajstić information content (AvgIpc) is 0.722. The minimum atomic E-state index is -4.14. The molecule has 0 bridgehead atoms. The summed E-state index contributed by atoms with van der Waals surface area (Å²) >= 11 is 0. The molecule has 7 heteroatoms. The maximum Gasteiger partial charge on any atom is 0.397 e. The van der Waals surface area contributed by atoms with Gasteiger partial charge in [0.15, 0.2) is 0 Å². The highest BCUT2D eigenvalue weighted by molar-refractivity contribution is 7.49. The lowest BCUT2D eigenvalue weighted by Crippen LogP contribution is -1.87. The average molecular weight is 170 g/mol. The van der Waals surface area contributed by atoms with Crippen LogP contribution in [0.15, 0.2) is 0 Å². The molecule has 0 aliphatic rings. The molecule has 0 aliphatic heterocycles. The molecule has 7 heavy (non-hydrogen) atoms. The fourth-order valence-corrected chi connectivity index (χ4v) is 0. The van der Waals surface area contributed by atoms with E-state index in [1.165, 1.54) is 0 Å². The molecule has 0 aliphatic carbocycles. The zero-order valence-electron chi connectivity index (χ0n) is 3.14. The van der Waals surface area contributed by atoms with Gasteiger partial charge in [-0.1, -0.05) is 0 Å². The van der Waals surface area contributed by atoms with E-state index in [4.69, 9.17) is 14.4 Å². The van der Waals surface area contributed by atoms with Gasteiger partial charge in [0.25, 0.3) is 0 Å². The molecular weight excluding hydrogens is 164 g/mol. The van der Waals surface area contributed by atoms with E-state index in [9.17, 15) is 0 Å². The van der Waals surface area contributed by atoms with Gasteiger partial charge in [0.05, 0.1) is 0 Å². The summed E-state index contributed by atoms with van der Waals surface area (Å²) in [5.74, 6) is 0. The van der Waals surface area contributed by atoms with E-state index >= 15 is 0 Å². The molecule has 0 radical (unpaired) electrons. The van der Waals surface area contributed by atoms with Gasteiger partial charge < -0.3 is 9.79 Å². The van der Waals surface area contributed by atoms with E-state index in [1.807, 2.05) is 0 Å². The van der Waals surface area contributed by atoms with Crippen molar-refractivity contribution in [2.24, 2.45) is 5.50 Å². The van der Waals surface area contributed by atoms with E-state index in [1.54, 1.807) is 0 Å². The van der Waals surface area contributed by atoms with E-state index in [0.717, 1.165) is 0 Å². The summed E-state index contributed by atoms with van der Waals surface area (Å²) in [5.41, 5.74) is 4.02. The molecule has 0 fully saturated rings. The van der Waals surface area contributed by atoms with Gasteiger partial charge in [-0.05, 0) is 0 Å². The van der Waals surface area contributed by atoms with Crippen LogP contribution in [0, 0.1) is 0 Å². The van der Waals surface area contributed by atoms with Gasteiger partial charge in [-0.3, -0.25) is 0 Å². The van der Waals surface area contributed by atoms with Gasteiger partial charge >= 0.3 is 7.75 Å². The van der Waals surface area contributed by atoms with Crippen molar-refractivity contribution in [2.45, 2.75) is 0 Å². The molecule has 0 aromatic heterocycles. The zero-order valence-corrected chi connectivity index (χ0v) is 5.67. The third-order valence-electron chi connectivity index (χ3n) is 0. The van der Waals surface area contributed by atoms with Crippen molar-refractivity contribution in [1.82, 2.24) is 0 Å². The second-order valence-corrected chi connectivity index (χ2v) is 1.77. The van der Waals surface area contributed by atoms with Crippen LogP contribution < -0.4 is 5.50 Å². The Morgan fingerprint density at radius 2 is 1.29 bits per heavy atom. The summed E-state index contributed by atoms with van der Waals surface area (Å²) in [5, 5.41) is 0. The van der Waals surface area contributed by atoms with Crippen LogP contribution in [0.2, 0.25) is 0 Å². The topological polar surface area (TPSA) is 83.6 Å². The Morgan fingerprint density at radius 3 is 1.29 bits per heavy atom. The molecular formula is H6Cl2NO3P. The minimum Gasteiger partial charge on any atom is -0.313 e. The summed E-state index contributed by atoms with van der Waals surface area (Å²) in [6.07, 6.45) is 0. The van der Waals surface area contributed by atoms with Crippen molar-refractivity contribution in [1.29, 1.82) is 0 Å². The quantitative estimate of drug-likeness (QED) is 0.442. The Bertz CT molecular complexity index is 59.1. The van der Waals surface area contributed by atoms with Crippen LogP contribution in [0.3, 0.4) is 0 Å². The first-order valence-corrected chi connectivity index (χ1v) is 2.52. The Labute approximate surface area is 53.1 Å². The third-order valence-corrected chi connectivity index (χ3v) is 0. The summed E-state index contributed by atoms with van der Waals surface area (Å²) in [4.78, 5) is 14.8. The van der Waals surface area contributed by atoms with Gasteiger partial charge in [0.2, 0.25) is 0 Å². The largest absolute Gasteiger partial charge is 0.397 e. The van der Waals surface area contributed by atoms with Crippen molar-refractivity contribution in [2.75, 3.05) is 0 Å². The Hall–Kier alpha value is 0.690. The highest BCUT2D eigenvalue weighted by Gasteiger charge is 1.96. The molecule has 4 nitrogen and oxygen atoms in total. The fraction of sp³-hybridized carbons (Fsp3) is 0. The van der Waals surface area contributed by atoms with Crippen molar-refractivity contribution >= 4 is 32.6 Å². The van der Waals surface area contributed by atoms with Crippen LogP contribution in [0.25, 0.3) is 0 Å². The van der Waals surface area contributed by atoms with Crippen molar-refractivity contribution in [3.8, 4) is 0 Å². The minimum absolute atomic E-state index is 0. The van der Waals surface area contributed by atoms with Crippen LogP contribution in [0.4, 0.5) is 0 Å². The monoisotopic (exact) mass is 169 g/mol. The number of hydrogen-bond acceptors (Lipinski definition) is 1. The van der Waals surface area contributed by atoms with Crippen LogP contribution in [-0.4, -0.2) is 9.79 Å². The maximum atomic E-state index is 9.10. The maximum absolute atomic E-state index is 9.10. The van der Waals surface area contributed by atoms with E-state index in [2.05, 4.69) is 5.50 Å². The van der Waals surface area contributed by atoms with Gasteiger partial charge in [0.1, 0.15) is 0 Å². The Morgan fingerprint density at radius 1 is 1.29 bits per heavy atom. The predicted octanol–water partition coefficient (Wildman–Crippen LogP) is -0.119. The molecule has 0 rings (SSSR count). The molecule has 0 aromatic rings. The molecule has 48 valence electrons. The molecule has 0 heterocycles. The van der Waals surface area contributed by atoms with Crippen LogP contribution in [-0.2, 0) is 4.57 Å². The Balaban J connectivity index is -0.0000000800. The van der Waals surface area contributed by atoms with E-state index in [0.29, 0.717) is 0 Å². The zero-order chi connectivity index (χ0) is 4.50. The lowest BCUT2D eigenvalue weighted by molar-refractivity contribution is 0.374. The molecule has 0 aromatic carbocycles. The first-order valence-electron chi connectivity index (χ1n) is 0.841. The summed E-state index contributed by atoms with van der Waals surface area (Å²) in [7, 11) is -4.14. The molecule has 0 saturated carbocycles. The van der Waals surface area contributed by atoms with Crippen LogP contribution in [0.1, 0.15) is 0 Å². The summed E-state index contributed by atoms with van der Waals surface area (Å²) in [6, 6.07) is 0. The summed E-state index contributed by atoms with van der Waals surface area (Å²) in [6.45, 7) is 0. The van der Waals surface area contributed by atoms with Crippen molar-refractivity contribution in [3.63, 3.8) is 0 Å². The smallest absolute Gasteiger partial charge is 0.313 e. The molecule has 0 amide bonds. The number of nitrogens with two attached hydrogens (primary N) is 1. The SMILES string of the molecule is Cl.Cl.NP(=O)(O)O. The van der Waals surface area contributed by atoms with Gasteiger partial charge in [-0.25, -0.2) is 10.1 Å². The second-order valence-electron chi connectivity index (χ2n) is 0.589. The third kappa shape index (κ3) is 309. The fourth-order valence-electron chi connectivity index (χ4n) is 0. The number of hydrogen-bond donors (Lipinski definition) is 3. The number of rotatable bonds is 0. The normalized spacial score (nSPS) is 8.43. The van der Waals surface area contributed by atoms with Gasteiger partial charge in [-0.15, -0.1) is 24.8 Å². The molecule has 0 atom stereocenters. The molecule has 4 N–H and O–H groups in total. The lowest BCUT2D eigenvalue weighted by atomic mass is 13.9. The lowest BCUT2D eigenvalue weighted by Gasteiger charge is -1.84. The molecule has 0 unspecified atom stereocenters. The first kappa shape index (κ1) is 15.6. The Kier molecular flexibility index (Phi) is 10.8. The van der Waals surface area contributed by atoms with Gasteiger partial charge in [-0.2, -0.15) is 0 Å². The van der Waals surface area contributed by atoms with Crippen molar-refractivity contribution in [3.05, 3.63) is 0 Å². The number of halogens is 2. The highest BCUT2D eigenvalue weighted by Crippen LogP contribution is 2.20. The first-order chi connectivity index (χ1) is 2.00. The van der Waals surface area contributed by atoms with E-state index in [-0.39, 0.29) is 24.8 Å². The standard InChI is InChI=1S/2ClH.H4NO3P/c;;1-5(2,3)4/h2*1H;(H4,1,2,3,4).